The Morgan fingerprint density at radius 3 is 2.64 bits per heavy atom. The van der Waals surface area contributed by atoms with E-state index < -0.39 is 0 Å². The Morgan fingerprint density at radius 2 is 1.96 bits per heavy atom. The van der Waals surface area contributed by atoms with Crippen LogP contribution < -0.4 is 5.32 Å². The van der Waals surface area contributed by atoms with Gasteiger partial charge in [-0.1, -0.05) is 0 Å². The van der Waals surface area contributed by atoms with Crippen LogP contribution >= 0.6 is 24.0 Å². The highest BCUT2D eigenvalue weighted by Gasteiger charge is 2.14. The standard InChI is InChI=1S/C17H36N4O3.HI/c1-4-23-13-6-8-19-17(21-11-15-24-16-12-21)18-7-5-9-20(2)10-14-22-3;/h4-16H2,1-3H3,(H,18,19);1H. The molecule has 1 saturated heterocycles. The monoisotopic (exact) mass is 472 g/mol. The van der Waals surface area contributed by atoms with E-state index in [1.165, 1.54) is 0 Å². The number of halogens is 1. The second kappa shape index (κ2) is 17.3. The van der Waals surface area contributed by atoms with Crippen LogP contribution in [0.3, 0.4) is 0 Å². The lowest BCUT2D eigenvalue weighted by molar-refractivity contribution is 0.0663. The summed E-state index contributed by atoms with van der Waals surface area (Å²) >= 11 is 0. The molecule has 0 spiro atoms. The molecule has 0 amide bonds. The lowest BCUT2D eigenvalue weighted by Crippen LogP contribution is -2.47. The molecule has 1 fully saturated rings. The van der Waals surface area contributed by atoms with Crippen molar-refractivity contribution in [2.75, 3.05) is 86.5 Å². The normalized spacial score (nSPS) is 15.4. The molecule has 1 rings (SSSR count). The minimum absolute atomic E-state index is 0. The third-order valence-corrected chi connectivity index (χ3v) is 3.90. The predicted octanol–water partition coefficient (Wildman–Crippen LogP) is 1.28. The Morgan fingerprint density at radius 1 is 1.20 bits per heavy atom. The third kappa shape index (κ3) is 12.8. The maximum Gasteiger partial charge on any atom is 0.194 e. The maximum absolute atomic E-state index is 5.44. The molecule has 0 bridgehead atoms. The van der Waals surface area contributed by atoms with E-state index in [1.54, 1.807) is 7.11 Å². The first-order valence-corrected chi connectivity index (χ1v) is 9.14. The van der Waals surface area contributed by atoms with Crippen molar-refractivity contribution in [1.82, 2.24) is 15.1 Å². The summed E-state index contributed by atoms with van der Waals surface area (Å²) in [5.41, 5.74) is 0. The van der Waals surface area contributed by atoms with Crippen LogP contribution in [0.2, 0.25) is 0 Å². The number of methoxy groups -OCH3 is 1. The number of morpholine rings is 1. The fourth-order valence-corrected chi connectivity index (χ4v) is 2.45. The molecule has 1 aliphatic rings. The lowest BCUT2D eigenvalue weighted by Gasteiger charge is -2.30. The van der Waals surface area contributed by atoms with Crippen molar-refractivity contribution in [3.63, 3.8) is 0 Å². The average Bonchev–Trinajstić information content (AvgIpc) is 2.62. The summed E-state index contributed by atoms with van der Waals surface area (Å²) in [7, 11) is 3.87. The number of likely N-dealkylation sites (N-methyl/N-ethyl adjacent to an activating group) is 1. The van der Waals surface area contributed by atoms with E-state index in [1.807, 2.05) is 6.92 Å². The summed E-state index contributed by atoms with van der Waals surface area (Å²) in [4.78, 5) is 9.33. The highest BCUT2D eigenvalue weighted by molar-refractivity contribution is 14.0. The quantitative estimate of drug-likeness (QED) is 0.200. The van der Waals surface area contributed by atoms with Crippen molar-refractivity contribution in [3.8, 4) is 0 Å². The summed E-state index contributed by atoms with van der Waals surface area (Å²) in [6.45, 7) is 11.5. The number of rotatable bonds is 12. The fraction of sp³-hybridized carbons (Fsp3) is 0.941. The molecule has 1 aliphatic heterocycles. The van der Waals surface area contributed by atoms with Gasteiger partial charge in [-0.05, 0) is 33.4 Å². The third-order valence-electron chi connectivity index (χ3n) is 3.90. The minimum atomic E-state index is 0. The molecule has 150 valence electrons. The van der Waals surface area contributed by atoms with E-state index in [0.717, 1.165) is 91.1 Å². The topological polar surface area (TPSA) is 58.6 Å². The zero-order chi connectivity index (χ0) is 17.5. The first-order chi connectivity index (χ1) is 11.8. The van der Waals surface area contributed by atoms with Gasteiger partial charge in [0, 0.05) is 53.0 Å². The molecule has 0 unspecified atom stereocenters. The van der Waals surface area contributed by atoms with Gasteiger partial charge in [0.25, 0.3) is 0 Å². The highest BCUT2D eigenvalue weighted by Crippen LogP contribution is 1.99. The molecule has 25 heavy (non-hydrogen) atoms. The molecule has 0 aromatic carbocycles. The van der Waals surface area contributed by atoms with Gasteiger partial charge < -0.3 is 29.3 Å². The Hall–Kier alpha value is -0.160. The van der Waals surface area contributed by atoms with Crippen molar-refractivity contribution in [2.24, 2.45) is 4.99 Å². The van der Waals surface area contributed by atoms with Gasteiger partial charge in [0.05, 0.1) is 19.8 Å². The second-order valence-electron chi connectivity index (χ2n) is 5.93. The Kier molecular flexibility index (Phi) is 17.2. The molecule has 0 aromatic heterocycles. The number of guanidine groups is 1. The molecule has 0 saturated carbocycles. The average molecular weight is 472 g/mol. The summed E-state index contributed by atoms with van der Waals surface area (Å²) in [6, 6.07) is 0. The van der Waals surface area contributed by atoms with Gasteiger partial charge in [0.2, 0.25) is 0 Å². The van der Waals surface area contributed by atoms with Crippen LogP contribution in [-0.4, -0.2) is 102 Å². The van der Waals surface area contributed by atoms with Crippen molar-refractivity contribution in [1.29, 1.82) is 0 Å². The number of nitrogens with zero attached hydrogens (tertiary/aromatic N) is 3. The van der Waals surface area contributed by atoms with Crippen LogP contribution in [0.1, 0.15) is 19.8 Å². The predicted molar refractivity (Wildman–Crippen MR) is 113 cm³/mol. The number of ether oxygens (including phenoxy) is 3. The van der Waals surface area contributed by atoms with Gasteiger partial charge in [-0.25, -0.2) is 0 Å². The van der Waals surface area contributed by atoms with Crippen LogP contribution in [0.5, 0.6) is 0 Å². The molecule has 0 radical (unpaired) electrons. The molecule has 0 aromatic rings. The summed E-state index contributed by atoms with van der Waals surface area (Å²) in [5, 5.41) is 3.51. The van der Waals surface area contributed by atoms with Crippen LogP contribution in [-0.2, 0) is 14.2 Å². The first kappa shape index (κ1) is 24.8. The van der Waals surface area contributed by atoms with Crippen LogP contribution in [0.4, 0.5) is 0 Å². The van der Waals surface area contributed by atoms with E-state index in [4.69, 9.17) is 19.2 Å². The zero-order valence-corrected chi connectivity index (χ0v) is 18.5. The van der Waals surface area contributed by atoms with Gasteiger partial charge in [-0.2, -0.15) is 0 Å². The molecule has 1 heterocycles. The minimum Gasteiger partial charge on any atom is -0.383 e. The van der Waals surface area contributed by atoms with E-state index in [9.17, 15) is 0 Å². The van der Waals surface area contributed by atoms with Gasteiger partial charge in [-0.15, -0.1) is 24.0 Å². The zero-order valence-electron chi connectivity index (χ0n) is 16.2. The SMILES string of the molecule is CCOCCCN=C(NCCCN(C)CCOC)N1CCOCC1.I. The van der Waals surface area contributed by atoms with Crippen molar-refractivity contribution in [3.05, 3.63) is 0 Å². The molecule has 1 N–H and O–H groups in total. The molecule has 0 atom stereocenters. The Bertz CT molecular complexity index is 329. The molecular weight excluding hydrogens is 435 g/mol. The van der Waals surface area contributed by atoms with Crippen molar-refractivity contribution < 1.29 is 14.2 Å². The van der Waals surface area contributed by atoms with E-state index in [0.29, 0.717) is 0 Å². The summed E-state index contributed by atoms with van der Waals surface area (Å²) in [5.74, 6) is 1.01. The van der Waals surface area contributed by atoms with Gasteiger partial charge in [-0.3, -0.25) is 4.99 Å². The first-order valence-electron chi connectivity index (χ1n) is 9.14. The maximum atomic E-state index is 5.44. The number of hydrogen-bond acceptors (Lipinski definition) is 5. The van der Waals surface area contributed by atoms with E-state index in [2.05, 4.69) is 22.2 Å². The Labute approximate surface area is 170 Å². The van der Waals surface area contributed by atoms with Crippen molar-refractivity contribution in [2.45, 2.75) is 19.8 Å². The van der Waals surface area contributed by atoms with Crippen molar-refractivity contribution >= 4 is 29.9 Å². The molecular formula is C17H37IN4O3. The smallest absolute Gasteiger partial charge is 0.194 e. The molecule has 0 aliphatic carbocycles. The van der Waals surface area contributed by atoms with Crippen LogP contribution in [0.25, 0.3) is 0 Å². The summed E-state index contributed by atoms with van der Waals surface area (Å²) in [6.07, 6.45) is 2.05. The van der Waals surface area contributed by atoms with Crippen LogP contribution in [0.15, 0.2) is 4.99 Å². The number of hydrogen-bond donors (Lipinski definition) is 1. The van der Waals surface area contributed by atoms with Crippen LogP contribution in [0, 0.1) is 0 Å². The number of aliphatic imine (C=N–C) groups is 1. The number of nitrogens with one attached hydrogen (secondary N) is 1. The van der Waals surface area contributed by atoms with Gasteiger partial charge in [0.15, 0.2) is 5.96 Å². The Balaban J connectivity index is 0.00000576. The molecule has 8 heteroatoms. The lowest BCUT2D eigenvalue weighted by atomic mass is 10.3. The second-order valence-corrected chi connectivity index (χ2v) is 5.93. The summed E-state index contributed by atoms with van der Waals surface area (Å²) < 4.78 is 15.9. The van der Waals surface area contributed by atoms with Gasteiger partial charge in [0.1, 0.15) is 0 Å². The molecule has 7 nitrogen and oxygen atoms in total. The van der Waals surface area contributed by atoms with E-state index >= 15 is 0 Å². The highest BCUT2D eigenvalue weighted by atomic mass is 127. The van der Waals surface area contributed by atoms with Gasteiger partial charge >= 0.3 is 0 Å². The fourth-order valence-electron chi connectivity index (χ4n) is 2.45. The van der Waals surface area contributed by atoms with E-state index in [-0.39, 0.29) is 24.0 Å². The largest absolute Gasteiger partial charge is 0.383 e.